The van der Waals surface area contributed by atoms with Crippen LogP contribution in [0.4, 0.5) is 4.39 Å². The highest BCUT2D eigenvalue weighted by Crippen LogP contribution is 2.23. The van der Waals surface area contributed by atoms with Crippen molar-refractivity contribution in [3.05, 3.63) is 34.6 Å². The Kier molecular flexibility index (Phi) is 6.17. The Morgan fingerprint density at radius 3 is 2.95 bits per heavy atom. The van der Waals surface area contributed by atoms with Gasteiger partial charge in [0, 0.05) is 13.0 Å². The smallest absolute Gasteiger partial charge is 0.220 e. The van der Waals surface area contributed by atoms with Crippen molar-refractivity contribution in [3.8, 4) is 0 Å². The predicted molar refractivity (Wildman–Crippen MR) is 82.2 cm³/mol. The van der Waals surface area contributed by atoms with Crippen LogP contribution in [-0.4, -0.2) is 29.8 Å². The lowest BCUT2D eigenvalue weighted by atomic mass is 10.1. The molecule has 1 aromatic rings. The number of carbonyl (C=O) groups is 1. The maximum Gasteiger partial charge on any atom is 0.220 e. The van der Waals surface area contributed by atoms with E-state index in [2.05, 4.69) is 5.32 Å². The summed E-state index contributed by atoms with van der Waals surface area (Å²) in [6.07, 6.45) is 2.53. The molecule has 3 atom stereocenters. The van der Waals surface area contributed by atoms with Crippen molar-refractivity contribution in [3.63, 3.8) is 0 Å². The fourth-order valence-electron chi connectivity index (χ4n) is 2.53. The Bertz CT molecular complexity index is 526. The number of hydrogen-bond donors (Lipinski definition) is 2. The lowest BCUT2D eigenvalue weighted by Gasteiger charge is -2.14. The number of hydrogen-bond acceptors (Lipinski definition) is 3. The second kappa shape index (κ2) is 7.90. The highest BCUT2D eigenvalue weighted by Gasteiger charge is 2.22. The second-order valence-electron chi connectivity index (χ2n) is 5.68. The molecule has 0 aliphatic carbocycles. The van der Waals surface area contributed by atoms with E-state index in [1.54, 1.807) is 0 Å². The molecule has 3 unspecified atom stereocenters. The van der Waals surface area contributed by atoms with Crippen LogP contribution in [0.15, 0.2) is 18.2 Å². The molecule has 1 fully saturated rings. The summed E-state index contributed by atoms with van der Waals surface area (Å²) in [6.45, 7) is 2.07. The summed E-state index contributed by atoms with van der Waals surface area (Å²) < 4.78 is 19.0. The molecule has 2 rings (SSSR count). The molecule has 0 spiro atoms. The molecule has 2 N–H and O–H groups in total. The number of benzene rings is 1. The number of ether oxygens (including phenoxy) is 1. The molecule has 1 amide bonds. The standard InChI is InChI=1S/C16H21ClFNO3/c1-10-2-4-12(22-10)5-7-16(21)19-9-15(20)11-3-6-13(17)14(18)8-11/h3,6,8,10,12,15,20H,2,4-5,7,9H2,1H3,(H,19,21). The van der Waals surface area contributed by atoms with Gasteiger partial charge in [-0.15, -0.1) is 0 Å². The normalized spacial score (nSPS) is 22.5. The molecule has 6 heteroatoms. The zero-order valence-corrected chi connectivity index (χ0v) is 13.3. The van der Waals surface area contributed by atoms with E-state index in [1.165, 1.54) is 18.2 Å². The summed E-state index contributed by atoms with van der Waals surface area (Å²) in [4.78, 5) is 11.8. The van der Waals surface area contributed by atoms with Gasteiger partial charge in [-0.05, 0) is 43.9 Å². The van der Waals surface area contributed by atoms with E-state index in [4.69, 9.17) is 16.3 Å². The maximum atomic E-state index is 13.3. The minimum Gasteiger partial charge on any atom is -0.387 e. The Hall–Kier alpha value is -1.17. The van der Waals surface area contributed by atoms with E-state index in [-0.39, 0.29) is 29.7 Å². The molecule has 1 aromatic carbocycles. The fraction of sp³-hybridized carbons (Fsp3) is 0.562. The van der Waals surface area contributed by atoms with Crippen molar-refractivity contribution in [2.24, 2.45) is 0 Å². The Balaban J connectivity index is 1.72. The summed E-state index contributed by atoms with van der Waals surface area (Å²) in [5.74, 6) is -0.728. The zero-order valence-electron chi connectivity index (χ0n) is 12.5. The molecule has 1 aliphatic rings. The average Bonchev–Trinajstić information content (AvgIpc) is 2.91. The Labute approximate surface area is 134 Å². The Morgan fingerprint density at radius 1 is 1.55 bits per heavy atom. The van der Waals surface area contributed by atoms with Gasteiger partial charge >= 0.3 is 0 Å². The van der Waals surface area contributed by atoms with Crippen molar-refractivity contribution in [1.29, 1.82) is 0 Å². The van der Waals surface area contributed by atoms with Crippen LogP contribution in [0.25, 0.3) is 0 Å². The van der Waals surface area contributed by atoms with Gasteiger partial charge in [0.25, 0.3) is 0 Å². The van der Waals surface area contributed by atoms with Crippen molar-refractivity contribution in [2.45, 2.75) is 50.9 Å². The van der Waals surface area contributed by atoms with Crippen molar-refractivity contribution < 1.29 is 19.0 Å². The van der Waals surface area contributed by atoms with E-state index in [0.717, 1.165) is 12.8 Å². The molecule has 0 radical (unpaired) electrons. The van der Waals surface area contributed by atoms with Gasteiger partial charge in [-0.3, -0.25) is 4.79 Å². The third-order valence-electron chi connectivity index (χ3n) is 3.83. The maximum absolute atomic E-state index is 13.3. The van der Waals surface area contributed by atoms with E-state index in [9.17, 15) is 14.3 Å². The first kappa shape index (κ1) is 17.2. The first-order chi connectivity index (χ1) is 10.5. The first-order valence-corrected chi connectivity index (χ1v) is 7.88. The largest absolute Gasteiger partial charge is 0.387 e. The molecule has 22 heavy (non-hydrogen) atoms. The van der Waals surface area contributed by atoms with E-state index >= 15 is 0 Å². The lowest BCUT2D eigenvalue weighted by molar-refractivity contribution is -0.122. The molecule has 4 nitrogen and oxygen atoms in total. The molecule has 122 valence electrons. The number of nitrogens with one attached hydrogen (secondary N) is 1. The predicted octanol–water partition coefficient (Wildman–Crippen LogP) is 2.98. The van der Waals surface area contributed by atoms with Crippen LogP contribution < -0.4 is 5.32 Å². The summed E-state index contributed by atoms with van der Waals surface area (Å²) >= 11 is 5.59. The van der Waals surface area contributed by atoms with Crippen LogP contribution in [0, 0.1) is 5.82 Å². The van der Waals surface area contributed by atoms with Gasteiger partial charge in [0.05, 0.1) is 23.3 Å². The number of amides is 1. The minimum atomic E-state index is -0.960. The van der Waals surface area contributed by atoms with Crippen molar-refractivity contribution in [1.82, 2.24) is 5.32 Å². The zero-order chi connectivity index (χ0) is 16.1. The van der Waals surface area contributed by atoms with Gasteiger partial charge in [0.1, 0.15) is 5.82 Å². The molecule has 1 heterocycles. The van der Waals surface area contributed by atoms with Gasteiger partial charge in [-0.25, -0.2) is 4.39 Å². The van der Waals surface area contributed by atoms with Crippen LogP contribution in [-0.2, 0) is 9.53 Å². The number of carbonyl (C=O) groups excluding carboxylic acids is 1. The van der Waals surface area contributed by atoms with Crippen LogP contribution in [0.1, 0.15) is 44.3 Å². The summed E-state index contributed by atoms with van der Waals surface area (Å²) in [6, 6.07) is 4.10. The first-order valence-electron chi connectivity index (χ1n) is 7.51. The van der Waals surface area contributed by atoms with E-state index < -0.39 is 11.9 Å². The fourth-order valence-corrected chi connectivity index (χ4v) is 2.64. The molecule has 0 bridgehead atoms. The summed E-state index contributed by atoms with van der Waals surface area (Å²) in [7, 11) is 0. The lowest BCUT2D eigenvalue weighted by Crippen LogP contribution is -2.29. The topological polar surface area (TPSA) is 58.6 Å². The van der Waals surface area contributed by atoms with Crippen molar-refractivity contribution >= 4 is 17.5 Å². The average molecular weight is 330 g/mol. The van der Waals surface area contributed by atoms with Crippen molar-refractivity contribution in [2.75, 3.05) is 6.54 Å². The minimum absolute atomic E-state index is 0.00535. The molecular formula is C16H21ClFNO3. The third-order valence-corrected chi connectivity index (χ3v) is 4.14. The van der Waals surface area contributed by atoms with Crippen LogP contribution >= 0.6 is 11.6 Å². The third kappa shape index (κ3) is 4.93. The van der Waals surface area contributed by atoms with Gasteiger partial charge in [-0.2, -0.15) is 0 Å². The van der Waals surface area contributed by atoms with Crippen LogP contribution in [0.2, 0.25) is 5.02 Å². The molecule has 1 saturated heterocycles. The van der Waals surface area contributed by atoms with Crippen LogP contribution in [0.5, 0.6) is 0 Å². The second-order valence-corrected chi connectivity index (χ2v) is 6.09. The SMILES string of the molecule is CC1CCC(CCC(=O)NCC(O)c2ccc(Cl)c(F)c2)O1. The number of aliphatic hydroxyl groups is 1. The summed E-state index contributed by atoms with van der Waals surface area (Å²) in [5.41, 5.74) is 0.384. The highest BCUT2D eigenvalue weighted by atomic mass is 35.5. The highest BCUT2D eigenvalue weighted by molar-refractivity contribution is 6.30. The van der Waals surface area contributed by atoms with E-state index in [1.807, 2.05) is 6.92 Å². The number of halogens is 2. The van der Waals surface area contributed by atoms with Gasteiger partial charge in [0.2, 0.25) is 5.91 Å². The van der Waals surface area contributed by atoms with E-state index in [0.29, 0.717) is 18.4 Å². The monoisotopic (exact) mass is 329 g/mol. The number of rotatable bonds is 6. The Morgan fingerprint density at radius 2 is 2.32 bits per heavy atom. The number of aliphatic hydroxyl groups excluding tert-OH is 1. The molecular weight excluding hydrogens is 309 g/mol. The van der Waals surface area contributed by atoms with Gasteiger partial charge < -0.3 is 15.2 Å². The molecule has 1 aliphatic heterocycles. The van der Waals surface area contributed by atoms with Gasteiger partial charge in [0.15, 0.2) is 0 Å². The van der Waals surface area contributed by atoms with Gasteiger partial charge in [-0.1, -0.05) is 17.7 Å². The quantitative estimate of drug-likeness (QED) is 0.843. The molecule has 0 saturated carbocycles. The summed E-state index contributed by atoms with van der Waals surface area (Å²) in [5, 5.41) is 12.6. The molecule has 0 aromatic heterocycles. The van der Waals surface area contributed by atoms with Crippen LogP contribution in [0.3, 0.4) is 0 Å².